The average Bonchev–Trinajstić information content (AvgIpc) is 3.51. The van der Waals surface area contributed by atoms with Gasteiger partial charge < -0.3 is 13.9 Å². The van der Waals surface area contributed by atoms with E-state index in [1.54, 1.807) is 18.2 Å². The molecule has 0 fully saturated rings. The molecule has 0 saturated heterocycles. The highest BCUT2D eigenvalue weighted by Crippen LogP contribution is 2.29. The van der Waals surface area contributed by atoms with E-state index in [2.05, 4.69) is 15.5 Å². The second kappa shape index (κ2) is 10.8. The van der Waals surface area contributed by atoms with Crippen molar-refractivity contribution >= 4 is 63.0 Å². The predicted molar refractivity (Wildman–Crippen MR) is 130 cm³/mol. The zero-order valence-corrected chi connectivity index (χ0v) is 20.5. The standard InChI is InChI=1S/C21H14ClN3O6S3/c1-29-15-5-4-11(22)7-13(15)19(28)31-16-9-30-12(8-14(16)26)10-33-21-25-24-20(34-21)23-18(27)17-3-2-6-32-17/h2-9H,10H2,1H3,(H,23,24,27). The first-order chi connectivity index (χ1) is 16.4. The van der Waals surface area contributed by atoms with Crippen molar-refractivity contribution < 1.29 is 23.5 Å². The molecule has 0 atom stereocenters. The Bertz CT molecular complexity index is 1390. The minimum absolute atomic E-state index is 0.0762. The SMILES string of the molecule is COc1ccc(Cl)cc1C(=O)Oc1coc(CSc2nnc(NC(=O)c3cccs3)s2)cc1=O. The Morgan fingerprint density at radius 1 is 1.21 bits per heavy atom. The molecule has 0 aliphatic carbocycles. The van der Waals surface area contributed by atoms with Gasteiger partial charge in [0.1, 0.15) is 23.3 Å². The Kier molecular flexibility index (Phi) is 7.63. The molecule has 1 N–H and O–H groups in total. The fourth-order valence-electron chi connectivity index (χ4n) is 2.60. The number of benzene rings is 1. The number of thioether (sulfide) groups is 1. The van der Waals surface area contributed by atoms with E-state index in [0.717, 1.165) is 6.26 Å². The maximum atomic E-state index is 12.5. The van der Waals surface area contributed by atoms with Crippen LogP contribution in [0.3, 0.4) is 0 Å². The minimum Gasteiger partial charge on any atom is -0.496 e. The molecular formula is C21H14ClN3O6S3. The third kappa shape index (κ3) is 5.83. The van der Waals surface area contributed by atoms with E-state index in [4.69, 9.17) is 25.5 Å². The highest BCUT2D eigenvalue weighted by atomic mass is 35.5. The molecule has 4 aromatic rings. The van der Waals surface area contributed by atoms with E-state index < -0.39 is 11.4 Å². The van der Waals surface area contributed by atoms with Gasteiger partial charge in [-0.05, 0) is 29.6 Å². The second-order valence-electron chi connectivity index (χ2n) is 6.40. The number of methoxy groups -OCH3 is 1. The summed E-state index contributed by atoms with van der Waals surface area (Å²) in [6, 6.07) is 9.20. The van der Waals surface area contributed by atoms with Gasteiger partial charge in [0.05, 0.1) is 17.7 Å². The van der Waals surface area contributed by atoms with Crippen molar-refractivity contribution in [2.45, 2.75) is 10.1 Å². The number of nitrogens with one attached hydrogen (secondary N) is 1. The van der Waals surface area contributed by atoms with E-state index in [1.165, 1.54) is 59.7 Å². The minimum atomic E-state index is -0.806. The first-order valence-corrected chi connectivity index (χ1v) is 12.5. The molecule has 0 aliphatic heterocycles. The lowest BCUT2D eigenvalue weighted by atomic mass is 10.2. The molecule has 3 heterocycles. The van der Waals surface area contributed by atoms with Gasteiger partial charge in [-0.1, -0.05) is 40.8 Å². The summed E-state index contributed by atoms with van der Waals surface area (Å²) in [7, 11) is 1.40. The lowest BCUT2D eigenvalue weighted by Gasteiger charge is -2.08. The molecule has 0 saturated carbocycles. The van der Waals surface area contributed by atoms with Crippen LogP contribution in [0.1, 0.15) is 25.8 Å². The maximum absolute atomic E-state index is 12.5. The van der Waals surface area contributed by atoms with Crippen LogP contribution in [-0.2, 0) is 5.75 Å². The number of carbonyl (C=O) groups is 2. The van der Waals surface area contributed by atoms with Gasteiger partial charge in [-0.2, -0.15) is 0 Å². The average molecular weight is 536 g/mol. The molecule has 0 bridgehead atoms. The van der Waals surface area contributed by atoms with Crippen molar-refractivity contribution in [3.63, 3.8) is 0 Å². The third-order valence-corrected chi connectivity index (χ3v) is 7.24. The van der Waals surface area contributed by atoms with Crippen LogP contribution in [0.4, 0.5) is 5.13 Å². The van der Waals surface area contributed by atoms with E-state index in [9.17, 15) is 14.4 Å². The number of amides is 1. The highest BCUT2D eigenvalue weighted by Gasteiger charge is 2.18. The van der Waals surface area contributed by atoms with Gasteiger partial charge in [0, 0.05) is 11.1 Å². The van der Waals surface area contributed by atoms with Gasteiger partial charge in [-0.15, -0.1) is 21.5 Å². The Morgan fingerprint density at radius 2 is 2.06 bits per heavy atom. The van der Waals surface area contributed by atoms with Gasteiger partial charge in [0.15, 0.2) is 4.34 Å². The van der Waals surface area contributed by atoms with Crippen molar-refractivity contribution in [2.75, 3.05) is 12.4 Å². The summed E-state index contributed by atoms with van der Waals surface area (Å²) in [5.74, 6) is -0.451. The van der Waals surface area contributed by atoms with Crippen LogP contribution >= 0.6 is 46.0 Å². The molecule has 0 aliphatic rings. The van der Waals surface area contributed by atoms with E-state index in [-0.39, 0.29) is 28.7 Å². The smallest absolute Gasteiger partial charge is 0.347 e. The second-order valence-corrected chi connectivity index (χ2v) is 9.99. The number of hydrogen-bond donors (Lipinski definition) is 1. The molecule has 174 valence electrons. The van der Waals surface area contributed by atoms with Gasteiger partial charge in [0.25, 0.3) is 5.91 Å². The van der Waals surface area contributed by atoms with Crippen LogP contribution in [0.15, 0.2) is 61.6 Å². The lowest BCUT2D eigenvalue weighted by molar-refractivity contribution is 0.0725. The molecule has 0 unspecified atom stereocenters. The zero-order chi connectivity index (χ0) is 24.1. The third-order valence-electron chi connectivity index (χ3n) is 4.15. The summed E-state index contributed by atoms with van der Waals surface area (Å²) in [5.41, 5.74) is -0.454. The number of ether oxygens (including phenoxy) is 2. The number of nitrogens with zero attached hydrogens (tertiary/aromatic N) is 2. The molecule has 0 radical (unpaired) electrons. The number of rotatable bonds is 8. The first-order valence-electron chi connectivity index (χ1n) is 9.41. The Hall–Kier alpha value is -3.19. The normalized spacial score (nSPS) is 10.6. The van der Waals surface area contributed by atoms with Gasteiger partial charge in [-0.25, -0.2) is 4.79 Å². The Labute approximate surface area is 209 Å². The monoisotopic (exact) mass is 535 g/mol. The summed E-state index contributed by atoms with van der Waals surface area (Å²) in [4.78, 5) is 37.5. The molecular weight excluding hydrogens is 522 g/mol. The summed E-state index contributed by atoms with van der Waals surface area (Å²) in [5, 5.41) is 13.1. The van der Waals surface area contributed by atoms with Gasteiger partial charge >= 0.3 is 5.97 Å². The predicted octanol–water partition coefficient (Wildman–Crippen LogP) is 4.98. The first kappa shape index (κ1) is 24.0. The number of anilines is 1. The number of aromatic nitrogens is 2. The van der Waals surface area contributed by atoms with Crippen LogP contribution in [-0.4, -0.2) is 29.2 Å². The fraction of sp³-hybridized carbons (Fsp3) is 0.0952. The number of esters is 1. The van der Waals surface area contributed by atoms with E-state index in [1.807, 2.05) is 5.38 Å². The molecule has 4 rings (SSSR count). The molecule has 3 aromatic heterocycles. The lowest BCUT2D eigenvalue weighted by Crippen LogP contribution is -2.15. The van der Waals surface area contributed by atoms with Crippen molar-refractivity contribution in [1.29, 1.82) is 0 Å². The maximum Gasteiger partial charge on any atom is 0.347 e. The van der Waals surface area contributed by atoms with Crippen LogP contribution in [0, 0.1) is 0 Å². The number of halogens is 1. The van der Waals surface area contributed by atoms with Crippen LogP contribution in [0.2, 0.25) is 5.02 Å². The van der Waals surface area contributed by atoms with Crippen molar-refractivity contribution in [3.05, 3.63) is 79.5 Å². The Balaban J connectivity index is 1.36. The van der Waals surface area contributed by atoms with Gasteiger partial charge in [-0.3, -0.25) is 14.9 Å². The summed E-state index contributed by atoms with van der Waals surface area (Å²) in [6.45, 7) is 0. The number of thiophene rings is 1. The summed E-state index contributed by atoms with van der Waals surface area (Å²) in [6.07, 6.45) is 1.07. The van der Waals surface area contributed by atoms with E-state index in [0.29, 0.717) is 25.1 Å². The summed E-state index contributed by atoms with van der Waals surface area (Å²) < 4.78 is 16.3. The fourth-order valence-corrected chi connectivity index (χ4v) is 5.03. The van der Waals surface area contributed by atoms with Gasteiger partial charge in [0.2, 0.25) is 16.3 Å². The molecule has 9 nitrogen and oxygen atoms in total. The largest absolute Gasteiger partial charge is 0.496 e. The van der Waals surface area contributed by atoms with E-state index >= 15 is 0 Å². The van der Waals surface area contributed by atoms with Crippen molar-refractivity contribution in [1.82, 2.24) is 10.2 Å². The van der Waals surface area contributed by atoms with Crippen LogP contribution < -0.4 is 20.2 Å². The number of carbonyl (C=O) groups excluding carboxylic acids is 2. The zero-order valence-electron chi connectivity index (χ0n) is 17.3. The molecule has 1 amide bonds. The summed E-state index contributed by atoms with van der Waals surface area (Å²) >= 11 is 9.73. The molecule has 1 aromatic carbocycles. The molecule has 34 heavy (non-hydrogen) atoms. The van der Waals surface area contributed by atoms with Crippen LogP contribution in [0.25, 0.3) is 0 Å². The molecule has 13 heteroatoms. The van der Waals surface area contributed by atoms with Crippen molar-refractivity contribution in [2.24, 2.45) is 0 Å². The number of hydrogen-bond acceptors (Lipinski definition) is 11. The molecule has 0 spiro atoms. The topological polar surface area (TPSA) is 121 Å². The highest BCUT2D eigenvalue weighted by molar-refractivity contribution is 8.00. The Morgan fingerprint density at radius 3 is 2.79 bits per heavy atom. The van der Waals surface area contributed by atoms with Crippen molar-refractivity contribution in [3.8, 4) is 11.5 Å². The quantitative estimate of drug-likeness (QED) is 0.189. The van der Waals surface area contributed by atoms with Crippen LogP contribution in [0.5, 0.6) is 11.5 Å².